The highest BCUT2D eigenvalue weighted by atomic mass is 16.5. The zero-order valence-corrected chi connectivity index (χ0v) is 10.9. The highest BCUT2D eigenvalue weighted by molar-refractivity contribution is 5.40. The summed E-state index contributed by atoms with van der Waals surface area (Å²) >= 11 is 0. The number of ether oxygens (including phenoxy) is 1. The standard InChI is InChI=1S/C15H23NO/c1-3-4-5-6-12-10-14(16)13-9-11(2)7-8-15(13)17-12/h7-9,12,14H,3-6,10,16H2,1-2H3/t12?,14-/m1/s1. The summed E-state index contributed by atoms with van der Waals surface area (Å²) < 4.78 is 6.02. The van der Waals surface area contributed by atoms with E-state index in [1.54, 1.807) is 0 Å². The van der Waals surface area contributed by atoms with E-state index in [2.05, 4.69) is 32.0 Å². The molecular formula is C15H23NO. The number of unbranched alkanes of at least 4 members (excludes halogenated alkanes) is 2. The van der Waals surface area contributed by atoms with Crippen molar-refractivity contribution in [1.82, 2.24) is 0 Å². The fourth-order valence-corrected chi connectivity index (χ4v) is 2.50. The topological polar surface area (TPSA) is 35.2 Å². The van der Waals surface area contributed by atoms with Gasteiger partial charge in [0.25, 0.3) is 0 Å². The first-order valence-corrected chi connectivity index (χ1v) is 6.73. The molecule has 1 aliphatic rings. The second-order valence-corrected chi connectivity index (χ2v) is 5.12. The predicted octanol–water partition coefficient (Wildman–Crippen LogP) is 3.73. The van der Waals surface area contributed by atoms with E-state index in [4.69, 9.17) is 10.5 Å². The fraction of sp³-hybridized carbons (Fsp3) is 0.600. The van der Waals surface area contributed by atoms with Gasteiger partial charge in [0.1, 0.15) is 11.9 Å². The number of hydrogen-bond donors (Lipinski definition) is 1. The van der Waals surface area contributed by atoms with Gasteiger partial charge in [-0.1, -0.05) is 37.5 Å². The Morgan fingerprint density at radius 2 is 2.18 bits per heavy atom. The molecule has 0 radical (unpaired) electrons. The van der Waals surface area contributed by atoms with Crippen LogP contribution in [0.4, 0.5) is 0 Å². The number of nitrogens with two attached hydrogens (primary N) is 1. The fourth-order valence-electron chi connectivity index (χ4n) is 2.50. The first-order valence-electron chi connectivity index (χ1n) is 6.73. The van der Waals surface area contributed by atoms with E-state index in [9.17, 15) is 0 Å². The molecule has 2 nitrogen and oxygen atoms in total. The van der Waals surface area contributed by atoms with Gasteiger partial charge in [-0.2, -0.15) is 0 Å². The van der Waals surface area contributed by atoms with Crippen molar-refractivity contribution in [2.24, 2.45) is 5.73 Å². The Morgan fingerprint density at radius 3 is 2.94 bits per heavy atom. The van der Waals surface area contributed by atoms with Gasteiger partial charge in [0.05, 0.1) is 0 Å². The summed E-state index contributed by atoms with van der Waals surface area (Å²) in [4.78, 5) is 0. The first-order chi connectivity index (χ1) is 8.20. The van der Waals surface area contributed by atoms with Crippen LogP contribution in [0.3, 0.4) is 0 Å². The Balaban J connectivity index is 2.03. The molecule has 2 rings (SSSR count). The van der Waals surface area contributed by atoms with Crippen LogP contribution in [0, 0.1) is 6.92 Å². The SMILES string of the molecule is CCCCCC1C[C@@H](N)c2cc(C)ccc2O1. The Kier molecular flexibility index (Phi) is 4.06. The Labute approximate surface area is 104 Å². The quantitative estimate of drug-likeness (QED) is 0.804. The molecule has 0 spiro atoms. The molecule has 1 aromatic carbocycles. The normalized spacial score (nSPS) is 23.0. The number of hydrogen-bond acceptors (Lipinski definition) is 2. The highest BCUT2D eigenvalue weighted by Gasteiger charge is 2.25. The first kappa shape index (κ1) is 12.4. The van der Waals surface area contributed by atoms with Crippen LogP contribution >= 0.6 is 0 Å². The molecule has 0 saturated carbocycles. The summed E-state index contributed by atoms with van der Waals surface area (Å²) in [6, 6.07) is 6.46. The zero-order valence-electron chi connectivity index (χ0n) is 10.9. The minimum absolute atomic E-state index is 0.144. The summed E-state index contributed by atoms with van der Waals surface area (Å²) in [5.74, 6) is 0.996. The Morgan fingerprint density at radius 1 is 1.35 bits per heavy atom. The van der Waals surface area contributed by atoms with Crippen molar-refractivity contribution in [2.75, 3.05) is 0 Å². The maximum absolute atomic E-state index is 6.23. The lowest BCUT2D eigenvalue weighted by molar-refractivity contribution is 0.147. The minimum atomic E-state index is 0.144. The number of fused-ring (bicyclic) bond motifs is 1. The lowest BCUT2D eigenvalue weighted by Crippen LogP contribution is -2.29. The summed E-state index contributed by atoms with van der Waals surface area (Å²) in [5.41, 5.74) is 8.66. The van der Waals surface area contributed by atoms with Gasteiger partial charge in [0.2, 0.25) is 0 Å². The van der Waals surface area contributed by atoms with Gasteiger partial charge in [-0.3, -0.25) is 0 Å². The summed E-state index contributed by atoms with van der Waals surface area (Å²) in [7, 11) is 0. The molecule has 1 aliphatic heterocycles. The van der Waals surface area contributed by atoms with Gasteiger partial charge in [0.15, 0.2) is 0 Å². The largest absolute Gasteiger partial charge is 0.490 e. The maximum Gasteiger partial charge on any atom is 0.124 e. The van der Waals surface area contributed by atoms with Gasteiger partial charge in [-0.05, 0) is 25.8 Å². The van der Waals surface area contributed by atoms with E-state index in [-0.39, 0.29) is 6.04 Å². The molecule has 0 fully saturated rings. The van der Waals surface area contributed by atoms with Crippen LogP contribution in [0.25, 0.3) is 0 Å². The third kappa shape index (κ3) is 3.01. The maximum atomic E-state index is 6.23. The minimum Gasteiger partial charge on any atom is -0.490 e. The van der Waals surface area contributed by atoms with Crippen LogP contribution < -0.4 is 10.5 Å². The molecule has 0 aliphatic carbocycles. The second-order valence-electron chi connectivity index (χ2n) is 5.12. The van der Waals surface area contributed by atoms with Crippen LogP contribution in [0.5, 0.6) is 5.75 Å². The molecule has 1 unspecified atom stereocenters. The van der Waals surface area contributed by atoms with Gasteiger partial charge in [0, 0.05) is 18.0 Å². The monoisotopic (exact) mass is 233 g/mol. The lowest BCUT2D eigenvalue weighted by Gasteiger charge is -2.30. The Hall–Kier alpha value is -1.02. The molecule has 2 heteroatoms. The van der Waals surface area contributed by atoms with Crippen LogP contribution in [0.1, 0.15) is 56.2 Å². The van der Waals surface area contributed by atoms with E-state index >= 15 is 0 Å². The van der Waals surface area contributed by atoms with E-state index in [1.165, 1.54) is 30.4 Å². The lowest BCUT2D eigenvalue weighted by atomic mass is 9.93. The number of benzene rings is 1. The molecule has 2 atom stereocenters. The van der Waals surface area contributed by atoms with Gasteiger partial charge in [-0.15, -0.1) is 0 Å². The van der Waals surface area contributed by atoms with E-state index in [1.807, 2.05) is 0 Å². The Bertz CT molecular complexity index is 375. The van der Waals surface area contributed by atoms with Crippen LogP contribution in [0.2, 0.25) is 0 Å². The highest BCUT2D eigenvalue weighted by Crippen LogP contribution is 2.35. The molecule has 94 valence electrons. The number of aryl methyl sites for hydroxylation is 1. The third-order valence-corrected chi connectivity index (χ3v) is 3.50. The molecule has 0 aromatic heterocycles. The molecule has 1 aromatic rings. The third-order valence-electron chi connectivity index (χ3n) is 3.50. The smallest absolute Gasteiger partial charge is 0.124 e. The molecule has 0 bridgehead atoms. The molecular weight excluding hydrogens is 210 g/mol. The summed E-state index contributed by atoms with van der Waals surface area (Å²) in [6.45, 7) is 4.33. The van der Waals surface area contributed by atoms with Crippen molar-refractivity contribution in [1.29, 1.82) is 0 Å². The van der Waals surface area contributed by atoms with Crippen molar-refractivity contribution >= 4 is 0 Å². The number of rotatable bonds is 4. The van der Waals surface area contributed by atoms with Gasteiger partial charge < -0.3 is 10.5 Å². The van der Waals surface area contributed by atoms with Crippen LogP contribution in [0.15, 0.2) is 18.2 Å². The summed E-state index contributed by atoms with van der Waals surface area (Å²) in [6.07, 6.45) is 6.20. The van der Waals surface area contributed by atoms with Gasteiger partial charge in [-0.25, -0.2) is 0 Å². The van der Waals surface area contributed by atoms with Crippen molar-refractivity contribution in [3.05, 3.63) is 29.3 Å². The summed E-state index contributed by atoms with van der Waals surface area (Å²) in [5, 5.41) is 0. The van der Waals surface area contributed by atoms with E-state index in [0.29, 0.717) is 6.10 Å². The van der Waals surface area contributed by atoms with Gasteiger partial charge >= 0.3 is 0 Å². The molecule has 1 heterocycles. The van der Waals surface area contributed by atoms with Crippen molar-refractivity contribution < 1.29 is 4.74 Å². The molecule has 2 N–H and O–H groups in total. The van der Waals surface area contributed by atoms with Crippen molar-refractivity contribution in [3.8, 4) is 5.75 Å². The second kappa shape index (κ2) is 5.54. The molecule has 0 amide bonds. The van der Waals surface area contributed by atoms with E-state index < -0.39 is 0 Å². The average molecular weight is 233 g/mol. The zero-order chi connectivity index (χ0) is 12.3. The predicted molar refractivity (Wildman–Crippen MR) is 71.3 cm³/mol. The van der Waals surface area contributed by atoms with Crippen molar-refractivity contribution in [2.45, 2.75) is 58.1 Å². The van der Waals surface area contributed by atoms with Crippen LogP contribution in [-0.4, -0.2) is 6.10 Å². The van der Waals surface area contributed by atoms with Crippen molar-refractivity contribution in [3.63, 3.8) is 0 Å². The molecule has 17 heavy (non-hydrogen) atoms. The average Bonchev–Trinajstić information content (AvgIpc) is 2.31. The molecule has 0 saturated heterocycles. The van der Waals surface area contributed by atoms with Crippen LogP contribution in [-0.2, 0) is 0 Å². The van der Waals surface area contributed by atoms with E-state index in [0.717, 1.165) is 18.6 Å².